The highest BCUT2D eigenvalue weighted by Gasteiger charge is 2.33. The quantitative estimate of drug-likeness (QED) is 0.351. The Hall–Kier alpha value is -3.30. The molecule has 0 saturated carbocycles. The minimum absolute atomic E-state index is 0.0523. The highest BCUT2D eigenvalue weighted by Crippen LogP contribution is 2.38. The fourth-order valence-corrected chi connectivity index (χ4v) is 4.00. The smallest absolute Gasteiger partial charge is 0.421 e. The van der Waals surface area contributed by atoms with E-state index in [0.29, 0.717) is 5.75 Å². The molecule has 0 N–H and O–H groups in total. The van der Waals surface area contributed by atoms with Crippen LogP contribution in [0.4, 0.5) is 10.5 Å². The number of carbonyl (C=O) groups excluding carboxylic acids is 2. The highest BCUT2D eigenvalue weighted by atomic mass is 28.3. The molecule has 1 heterocycles. The summed E-state index contributed by atoms with van der Waals surface area (Å²) in [5.74, 6) is 3.43. The zero-order valence-corrected chi connectivity index (χ0v) is 20.2. The maximum absolute atomic E-state index is 13.3. The minimum Gasteiger partial charge on any atom is -0.465 e. The summed E-state index contributed by atoms with van der Waals surface area (Å²) in [5, 5.41) is 0. The minimum atomic E-state index is -1.69. The normalized spacial score (nSPS) is 16.1. The lowest BCUT2D eigenvalue weighted by Gasteiger charge is -2.34. The van der Waals surface area contributed by atoms with Crippen LogP contribution in [0, 0.1) is 17.4 Å². The van der Waals surface area contributed by atoms with Crippen LogP contribution >= 0.6 is 0 Å². The van der Waals surface area contributed by atoms with Gasteiger partial charge in [-0.2, -0.15) is 0 Å². The van der Waals surface area contributed by atoms with Crippen molar-refractivity contribution in [3.8, 4) is 17.2 Å². The molecule has 0 unspecified atom stereocenters. The van der Waals surface area contributed by atoms with Crippen LogP contribution in [-0.2, 0) is 9.53 Å². The van der Waals surface area contributed by atoms with Gasteiger partial charge in [0.15, 0.2) is 0 Å². The zero-order chi connectivity index (χ0) is 23.3. The maximum atomic E-state index is 13.3. The lowest BCUT2D eigenvalue weighted by atomic mass is 9.88. The number of carbonyl (C=O) groups is 2. The number of ether oxygens (including phenoxy) is 2. The fraction of sp³-hybridized carbons (Fsp3) is 0.308. The summed E-state index contributed by atoms with van der Waals surface area (Å²) in [4.78, 5) is 26.3. The Labute approximate surface area is 191 Å². The molecule has 0 saturated heterocycles. The third kappa shape index (κ3) is 5.89. The summed E-state index contributed by atoms with van der Waals surface area (Å²) >= 11 is 0. The van der Waals surface area contributed by atoms with Gasteiger partial charge in [-0.05, 0) is 29.8 Å². The first-order valence-corrected chi connectivity index (χ1v) is 14.2. The summed E-state index contributed by atoms with van der Waals surface area (Å²) in [6, 6.07) is 16.2. The monoisotopic (exact) mass is 447 g/mol. The van der Waals surface area contributed by atoms with Gasteiger partial charge in [0.05, 0.1) is 12.3 Å². The molecule has 1 aliphatic rings. The first kappa shape index (κ1) is 23.4. The second-order valence-electron chi connectivity index (χ2n) is 8.86. The second-order valence-corrected chi connectivity index (χ2v) is 13.6. The third-order valence-corrected chi connectivity index (χ3v) is 5.79. The molecule has 2 aromatic rings. The molecule has 0 bridgehead atoms. The van der Waals surface area contributed by atoms with E-state index in [0.717, 1.165) is 16.8 Å². The van der Waals surface area contributed by atoms with Gasteiger partial charge < -0.3 is 9.47 Å². The number of nitrogens with zero attached hydrogens (tertiary/aromatic N) is 1. The number of amides is 1. The van der Waals surface area contributed by atoms with Crippen LogP contribution in [0.1, 0.15) is 19.4 Å². The van der Waals surface area contributed by atoms with E-state index in [1.165, 1.54) is 6.92 Å². The van der Waals surface area contributed by atoms with Gasteiger partial charge >= 0.3 is 12.1 Å². The molecule has 0 aliphatic carbocycles. The molecule has 1 aliphatic heterocycles. The van der Waals surface area contributed by atoms with E-state index in [4.69, 9.17) is 9.47 Å². The van der Waals surface area contributed by atoms with Crippen LogP contribution in [0.2, 0.25) is 19.6 Å². The Kier molecular flexibility index (Phi) is 7.21. The van der Waals surface area contributed by atoms with E-state index in [-0.39, 0.29) is 18.5 Å². The summed E-state index contributed by atoms with van der Waals surface area (Å²) in [6.07, 6.45) is 1.51. The van der Waals surface area contributed by atoms with E-state index in [1.807, 2.05) is 55.5 Å². The maximum Gasteiger partial charge on any atom is 0.421 e. The van der Waals surface area contributed by atoms with Crippen LogP contribution in [0.25, 0.3) is 5.57 Å². The number of hydrogen-bond donors (Lipinski definition) is 0. The number of anilines is 1. The van der Waals surface area contributed by atoms with Gasteiger partial charge in [-0.3, -0.25) is 9.69 Å². The molecule has 32 heavy (non-hydrogen) atoms. The first-order valence-electron chi connectivity index (χ1n) is 10.7. The average Bonchev–Trinajstić information content (AvgIpc) is 2.75. The van der Waals surface area contributed by atoms with Gasteiger partial charge in [0.2, 0.25) is 0 Å². The van der Waals surface area contributed by atoms with E-state index in [9.17, 15) is 9.59 Å². The van der Waals surface area contributed by atoms with Gasteiger partial charge in [-0.25, -0.2) is 4.79 Å². The van der Waals surface area contributed by atoms with Crippen molar-refractivity contribution < 1.29 is 19.1 Å². The Morgan fingerprint density at radius 3 is 2.38 bits per heavy atom. The van der Waals surface area contributed by atoms with Crippen LogP contribution in [0.3, 0.4) is 0 Å². The number of hydrogen-bond acceptors (Lipinski definition) is 4. The van der Waals surface area contributed by atoms with Crippen molar-refractivity contribution in [1.82, 2.24) is 0 Å². The SMILES string of the molecule is CC(=O)OC[C@@H](C)C1=C[C@@H](C#C[Si](C)(C)C)N(C(=O)Oc2ccccc2)c2ccccc21. The molecule has 0 spiro atoms. The molecule has 3 rings (SSSR count). The lowest BCUT2D eigenvalue weighted by molar-refractivity contribution is -0.141. The van der Waals surface area contributed by atoms with Gasteiger partial charge in [0.1, 0.15) is 19.9 Å². The van der Waals surface area contributed by atoms with Crippen LogP contribution < -0.4 is 9.64 Å². The van der Waals surface area contributed by atoms with Gasteiger partial charge in [0, 0.05) is 18.4 Å². The van der Waals surface area contributed by atoms with Gasteiger partial charge in [0.25, 0.3) is 0 Å². The third-order valence-electron chi connectivity index (χ3n) is 4.90. The summed E-state index contributed by atoms with van der Waals surface area (Å²) < 4.78 is 10.9. The second kappa shape index (κ2) is 9.88. The fourth-order valence-electron chi connectivity index (χ4n) is 3.42. The molecule has 2 aromatic carbocycles. The zero-order valence-electron chi connectivity index (χ0n) is 19.2. The highest BCUT2D eigenvalue weighted by molar-refractivity contribution is 6.83. The average molecular weight is 448 g/mol. The topological polar surface area (TPSA) is 55.8 Å². The molecule has 0 aromatic heterocycles. The number of benzene rings is 2. The van der Waals surface area contributed by atoms with Crippen LogP contribution in [-0.4, -0.2) is 32.8 Å². The van der Waals surface area contributed by atoms with Crippen molar-refractivity contribution in [1.29, 1.82) is 0 Å². The molecular weight excluding hydrogens is 418 g/mol. The molecule has 5 nitrogen and oxygen atoms in total. The molecule has 1 amide bonds. The van der Waals surface area contributed by atoms with Crippen molar-refractivity contribution in [2.24, 2.45) is 5.92 Å². The van der Waals surface area contributed by atoms with E-state index in [2.05, 4.69) is 31.1 Å². The molecular formula is C26H29NO4Si. The van der Waals surface area contributed by atoms with Crippen molar-refractivity contribution in [3.63, 3.8) is 0 Å². The van der Waals surface area contributed by atoms with Crippen molar-refractivity contribution in [2.75, 3.05) is 11.5 Å². The largest absolute Gasteiger partial charge is 0.465 e. The van der Waals surface area contributed by atoms with Crippen molar-refractivity contribution >= 4 is 31.4 Å². The Balaban J connectivity index is 2.05. The van der Waals surface area contributed by atoms with Gasteiger partial charge in [-0.15, -0.1) is 5.54 Å². The van der Waals surface area contributed by atoms with E-state index >= 15 is 0 Å². The summed E-state index contributed by atoms with van der Waals surface area (Å²) in [6.45, 7) is 10.2. The molecule has 166 valence electrons. The molecule has 0 radical (unpaired) electrons. The Morgan fingerprint density at radius 2 is 1.72 bits per heavy atom. The Morgan fingerprint density at radius 1 is 1.06 bits per heavy atom. The molecule has 0 fully saturated rings. The Bertz CT molecular complexity index is 1080. The van der Waals surface area contributed by atoms with Crippen molar-refractivity contribution in [3.05, 3.63) is 66.2 Å². The summed E-state index contributed by atoms with van der Waals surface area (Å²) in [5.41, 5.74) is 6.03. The van der Waals surface area contributed by atoms with E-state index < -0.39 is 20.2 Å². The number of rotatable bonds is 4. The summed E-state index contributed by atoms with van der Waals surface area (Å²) in [7, 11) is -1.69. The van der Waals surface area contributed by atoms with Crippen LogP contribution in [0.15, 0.2) is 60.7 Å². The standard InChI is InChI=1S/C26H29NO4Si/c1-19(18-30-20(2)28)24-17-21(15-16-32(3,4)5)27(25-14-10-9-13-23(24)25)26(29)31-22-11-7-6-8-12-22/h6-14,17,19,21H,18H2,1-5H3/t19-,21-/m1/s1. The number of para-hydroxylation sites is 2. The predicted octanol–water partition coefficient (Wildman–Crippen LogP) is 5.54. The van der Waals surface area contributed by atoms with Crippen LogP contribution in [0.5, 0.6) is 5.75 Å². The molecule has 2 atom stereocenters. The lowest BCUT2D eigenvalue weighted by Crippen LogP contribution is -2.43. The number of fused-ring (bicyclic) bond motifs is 1. The number of esters is 1. The first-order chi connectivity index (χ1) is 15.2. The van der Waals surface area contributed by atoms with Crippen molar-refractivity contribution in [2.45, 2.75) is 39.5 Å². The predicted molar refractivity (Wildman–Crippen MR) is 130 cm³/mol. The van der Waals surface area contributed by atoms with Gasteiger partial charge in [-0.1, -0.05) is 68.9 Å². The molecule has 6 heteroatoms. The van der Waals surface area contributed by atoms with E-state index in [1.54, 1.807) is 17.0 Å².